The molecule has 0 bridgehead atoms. The van der Waals surface area contributed by atoms with Crippen molar-refractivity contribution in [1.82, 2.24) is 15.2 Å². The molecule has 2 amide bonds. The van der Waals surface area contributed by atoms with Gasteiger partial charge in [-0.05, 0) is 32.6 Å². The van der Waals surface area contributed by atoms with Crippen molar-refractivity contribution in [1.29, 1.82) is 0 Å². The second-order valence-electron chi connectivity index (χ2n) is 9.87. The van der Waals surface area contributed by atoms with E-state index in [0.717, 1.165) is 25.7 Å². The highest BCUT2D eigenvalue weighted by atomic mass is 32.2. The number of carbonyl (C=O) groups excluding carboxylic acids is 4. The van der Waals surface area contributed by atoms with Gasteiger partial charge in [-0.1, -0.05) is 25.3 Å². The molecule has 1 saturated carbocycles. The topological polar surface area (TPSA) is 141 Å². The van der Waals surface area contributed by atoms with Gasteiger partial charge in [0.1, 0.15) is 17.5 Å². The number of hydrogen-bond donors (Lipinski definition) is 2. The molecule has 3 N–H and O–H groups in total. The summed E-state index contributed by atoms with van der Waals surface area (Å²) < 4.78 is 9.50. The maximum absolute atomic E-state index is 13.4. The molecule has 3 aliphatic rings. The van der Waals surface area contributed by atoms with Gasteiger partial charge in [0.05, 0.1) is 11.3 Å². The Morgan fingerprint density at radius 3 is 2.56 bits per heavy atom. The molecule has 36 heavy (non-hydrogen) atoms. The van der Waals surface area contributed by atoms with Crippen molar-refractivity contribution >= 4 is 57.6 Å². The fraction of sp³-hybridized carbons (Fsp3) is 0.625. The summed E-state index contributed by atoms with van der Waals surface area (Å²) in [7, 11) is 0. The highest BCUT2D eigenvalue weighted by Crippen LogP contribution is 2.51. The average Bonchev–Trinajstić information content (AvgIpc) is 3.34. The molecule has 3 fully saturated rings. The molecule has 1 unspecified atom stereocenters. The predicted octanol–water partition coefficient (Wildman–Crippen LogP) is 2.69. The minimum Gasteiger partial charge on any atom is -0.426 e. The predicted molar refractivity (Wildman–Crippen MR) is 136 cm³/mol. The summed E-state index contributed by atoms with van der Waals surface area (Å²) in [5.74, 6) is -1.69. The number of thiazole rings is 1. The first-order valence-electron chi connectivity index (χ1n) is 12.1. The van der Waals surface area contributed by atoms with Gasteiger partial charge in [0.2, 0.25) is 12.2 Å². The van der Waals surface area contributed by atoms with Crippen molar-refractivity contribution in [3.8, 4) is 0 Å². The fourth-order valence-electron chi connectivity index (χ4n) is 5.06. The maximum Gasteiger partial charge on any atom is 0.333 e. The second kappa shape index (κ2) is 10.4. The summed E-state index contributed by atoms with van der Waals surface area (Å²) in [6.45, 7) is 6.35. The molecule has 1 aromatic heterocycles. The standard InChI is InChI=1S/C24H32N4O6S2/c1-12(29)33-13(2)34-22(32)18-24(3,4)36-21-17(20(31)28(18)21)27-19(30)15(16-11-35-23(25)26-16)10-14-8-6-5-7-9-14/h10-11,13-14,17-18,21H,5-9H2,1-4H3,(H2,25,26)(H,27,30)/b15-10-/t13?,17-,18+,21-/m1/s1. The van der Waals surface area contributed by atoms with E-state index in [1.54, 1.807) is 5.38 Å². The van der Waals surface area contributed by atoms with Gasteiger partial charge in [0.25, 0.3) is 5.91 Å². The number of anilines is 1. The van der Waals surface area contributed by atoms with Crippen LogP contribution in [-0.2, 0) is 28.7 Å². The molecule has 2 aliphatic heterocycles. The third-order valence-electron chi connectivity index (χ3n) is 6.66. The Morgan fingerprint density at radius 2 is 1.94 bits per heavy atom. The lowest BCUT2D eigenvalue weighted by atomic mass is 9.87. The normalized spacial score (nSPS) is 26.6. The molecule has 4 atom stereocenters. The van der Waals surface area contributed by atoms with Crippen LogP contribution in [0.15, 0.2) is 11.5 Å². The summed E-state index contributed by atoms with van der Waals surface area (Å²) in [4.78, 5) is 56.4. The van der Waals surface area contributed by atoms with Gasteiger partial charge in [0.15, 0.2) is 5.13 Å². The van der Waals surface area contributed by atoms with Gasteiger partial charge in [-0.3, -0.25) is 14.4 Å². The van der Waals surface area contributed by atoms with Crippen LogP contribution >= 0.6 is 23.1 Å². The fourth-order valence-corrected chi connectivity index (χ4v) is 7.24. The Kier molecular flexibility index (Phi) is 7.65. The number of nitrogen functional groups attached to an aromatic ring is 1. The third kappa shape index (κ3) is 5.39. The number of nitrogens with one attached hydrogen (secondary N) is 1. The van der Waals surface area contributed by atoms with E-state index in [4.69, 9.17) is 15.2 Å². The molecule has 1 aliphatic carbocycles. The number of nitrogens with two attached hydrogens (primary N) is 1. The first-order chi connectivity index (χ1) is 17.0. The number of aromatic nitrogens is 1. The highest BCUT2D eigenvalue weighted by Gasteiger charge is 2.64. The Bertz CT molecular complexity index is 1080. The van der Waals surface area contributed by atoms with Gasteiger partial charge in [-0.2, -0.15) is 0 Å². The van der Waals surface area contributed by atoms with E-state index >= 15 is 0 Å². The zero-order valence-corrected chi connectivity index (χ0v) is 22.4. The molecule has 196 valence electrons. The quantitative estimate of drug-likeness (QED) is 0.233. The van der Waals surface area contributed by atoms with Crippen LogP contribution in [0.4, 0.5) is 5.13 Å². The maximum atomic E-state index is 13.4. The minimum absolute atomic E-state index is 0.272. The van der Waals surface area contributed by atoms with E-state index in [9.17, 15) is 19.2 Å². The summed E-state index contributed by atoms with van der Waals surface area (Å²) >= 11 is 2.69. The van der Waals surface area contributed by atoms with Crippen LogP contribution in [0.2, 0.25) is 0 Å². The lowest BCUT2D eigenvalue weighted by molar-refractivity contribution is -0.190. The number of carbonyl (C=O) groups is 4. The number of esters is 2. The van der Waals surface area contributed by atoms with Gasteiger partial charge >= 0.3 is 11.9 Å². The van der Waals surface area contributed by atoms with E-state index in [0.29, 0.717) is 16.4 Å². The lowest BCUT2D eigenvalue weighted by Gasteiger charge is -2.44. The second-order valence-corrected chi connectivity index (χ2v) is 12.5. The molecular formula is C24H32N4O6S2. The number of fused-ring (bicyclic) bond motifs is 1. The number of allylic oxidation sites excluding steroid dienone is 1. The largest absolute Gasteiger partial charge is 0.426 e. The van der Waals surface area contributed by atoms with Gasteiger partial charge < -0.3 is 25.4 Å². The number of thioether (sulfide) groups is 1. The van der Waals surface area contributed by atoms with Crippen LogP contribution in [0.3, 0.4) is 0 Å². The molecule has 0 radical (unpaired) electrons. The molecule has 0 spiro atoms. The molecular weight excluding hydrogens is 504 g/mol. The molecule has 1 aromatic rings. The summed E-state index contributed by atoms with van der Waals surface area (Å²) in [5, 5.41) is 4.58. The zero-order valence-electron chi connectivity index (χ0n) is 20.8. The highest BCUT2D eigenvalue weighted by molar-refractivity contribution is 8.01. The number of nitrogens with zero attached hydrogens (tertiary/aromatic N) is 2. The number of hydrogen-bond acceptors (Lipinski definition) is 10. The van der Waals surface area contributed by atoms with Crippen molar-refractivity contribution in [2.75, 3.05) is 5.73 Å². The van der Waals surface area contributed by atoms with E-state index in [-0.39, 0.29) is 17.7 Å². The SMILES string of the molecule is CC(=O)OC(C)OC(=O)[C@@H]1N2C(=O)[C@@H](NC(=O)/C(=C\C3CCCCC3)c3csc(N)n3)[C@H]2SC1(C)C. The van der Waals surface area contributed by atoms with Crippen molar-refractivity contribution < 1.29 is 28.7 Å². The van der Waals surface area contributed by atoms with E-state index < -0.39 is 40.4 Å². The molecule has 2 saturated heterocycles. The van der Waals surface area contributed by atoms with Crippen LogP contribution in [0.25, 0.3) is 5.57 Å². The van der Waals surface area contributed by atoms with Gasteiger partial charge in [0, 0.05) is 24.0 Å². The number of rotatable bonds is 7. The summed E-state index contributed by atoms with van der Waals surface area (Å²) in [6.07, 6.45) is 6.34. The Morgan fingerprint density at radius 1 is 1.25 bits per heavy atom. The van der Waals surface area contributed by atoms with E-state index in [1.807, 2.05) is 19.9 Å². The van der Waals surface area contributed by atoms with E-state index in [2.05, 4.69) is 10.3 Å². The van der Waals surface area contributed by atoms with Crippen molar-refractivity contribution in [3.63, 3.8) is 0 Å². The Hall–Kier alpha value is -2.60. The number of amides is 2. The molecule has 4 rings (SSSR count). The van der Waals surface area contributed by atoms with Crippen LogP contribution < -0.4 is 11.1 Å². The Labute approximate surface area is 218 Å². The molecule has 0 aromatic carbocycles. The van der Waals surface area contributed by atoms with Crippen LogP contribution in [0.5, 0.6) is 0 Å². The van der Waals surface area contributed by atoms with Crippen LogP contribution in [0.1, 0.15) is 65.5 Å². The van der Waals surface area contributed by atoms with Crippen molar-refractivity contribution in [2.45, 2.75) is 88.3 Å². The molecule has 12 heteroatoms. The molecule has 3 heterocycles. The van der Waals surface area contributed by atoms with Crippen molar-refractivity contribution in [3.05, 3.63) is 17.2 Å². The monoisotopic (exact) mass is 536 g/mol. The number of β-lactam (4-membered cyclic amide) rings is 1. The first kappa shape index (κ1) is 26.5. The summed E-state index contributed by atoms with van der Waals surface area (Å²) in [6, 6.07) is -1.65. The van der Waals surface area contributed by atoms with Crippen molar-refractivity contribution in [2.24, 2.45) is 5.92 Å². The first-order valence-corrected chi connectivity index (χ1v) is 13.9. The summed E-state index contributed by atoms with van der Waals surface area (Å²) in [5.41, 5.74) is 6.76. The van der Waals surface area contributed by atoms with E-state index in [1.165, 1.54) is 48.3 Å². The average molecular weight is 537 g/mol. The van der Waals surface area contributed by atoms with Crippen LogP contribution in [-0.4, -0.2) is 62.1 Å². The minimum atomic E-state index is -1.07. The third-order valence-corrected chi connectivity index (χ3v) is 8.91. The van der Waals surface area contributed by atoms with Gasteiger partial charge in [-0.15, -0.1) is 23.1 Å². The lowest BCUT2D eigenvalue weighted by Crippen LogP contribution is -2.70. The van der Waals surface area contributed by atoms with Gasteiger partial charge in [-0.25, -0.2) is 9.78 Å². The van der Waals surface area contributed by atoms with Crippen LogP contribution in [0, 0.1) is 5.92 Å². The number of ether oxygens (including phenoxy) is 2. The smallest absolute Gasteiger partial charge is 0.333 e. The molecule has 10 nitrogen and oxygen atoms in total. The Balaban J connectivity index is 1.48. The zero-order chi connectivity index (χ0) is 26.2.